The second-order valence-electron chi connectivity index (χ2n) is 8.91. The van der Waals surface area contributed by atoms with E-state index in [1.165, 1.54) is 22.9 Å². The number of aromatic amines is 1. The van der Waals surface area contributed by atoms with Crippen molar-refractivity contribution in [3.63, 3.8) is 0 Å². The van der Waals surface area contributed by atoms with Gasteiger partial charge in [0.2, 0.25) is 5.88 Å². The quantitative estimate of drug-likeness (QED) is 0.278. The molecule has 0 atom stereocenters. The van der Waals surface area contributed by atoms with Gasteiger partial charge in [0.25, 0.3) is 5.56 Å². The lowest BCUT2D eigenvalue weighted by molar-refractivity contribution is 0.0509. The van der Waals surface area contributed by atoms with Crippen LogP contribution in [0.1, 0.15) is 59.8 Å². The van der Waals surface area contributed by atoms with E-state index in [1.807, 2.05) is 13.8 Å². The fourth-order valence-corrected chi connectivity index (χ4v) is 3.60. The summed E-state index contributed by atoms with van der Waals surface area (Å²) in [6.45, 7) is 7.82. The molecule has 0 radical (unpaired) electrons. The lowest BCUT2D eigenvalue weighted by Crippen LogP contribution is -2.17. The normalized spacial score (nSPS) is 10.6. The van der Waals surface area contributed by atoms with Gasteiger partial charge in [0.1, 0.15) is 17.3 Å². The summed E-state index contributed by atoms with van der Waals surface area (Å²) >= 11 is 0. The first-order chi connectivity index (χ1) is 19.6. The molecule has 0 spiro atoms. The number of carbonyl (C=O) groups excluding carboxylic acids is 2. The van der Waals surface area contributed by atoms with Gasteiger partial charge in [-0.15, -0.1) is 0 Å². The van der Waals surface area contributed by atoms with Crippen LogP contribution in [0.4, 0.5) is 8.78 Å². The summed E-state index contributed by atoms with van der Waals surface area (Å²) in [6.07, 6.45) is -0.0916. The Morgan fingerprint density at radius 1 is 0.878 bits per heavy atom. The number of hydrogen-bond donors (Lipinski definition) is 1. The number of carbonyl (C=O) groups is 2. The zero-order chi connectivity index (χ0) is 29.9. The Kier molecular flexibility index (Phi) is 11.0. The minimum atomic E-state index is -0.605. The number of benzene rings is 2. The van der Waals surface area contributed by atoms with E-state index >= 15 is 0 Å². The summed E-state index contributed by atoms with van der Waals surface area (Å²) in [6, 6.07) is 15.2. The number of nitrogens with zero attached hydrogens (tertiary/aromatic N) is 3. The first-order valence-electron chi connectivity index (χ1n) is 13.0. The van der Waals surface area contributed by atoms with Crippen molar-refractivity contribution in [2.45, 2.75) is 46.9 Å². The summed E-state index contributed by atoms with van der Waals surface area (Å²) < 4.78 is 45.2. The molecule has 0 aliphatic rings. The highest BCUT2D eigenvalue weighted by Gasteiger charge is 2.18. The molecule has 4 rings (SSSR count). The van der Waals surface area contributed by atoms with Crippen LogP contribution in [0.15, 0.2) is 65.5 Å². The molecule has 0 unspecified atom stereocenters. The summed E-state index contributed by atoms with van der Waals surface area (Å²) in [7, 11) is 0. The molecule has 2 heterocycles. The smallest absolute Gasteiger partial charge is 0.358 e. The average Bonchev–Trinajstić information content (AvgIpc) is 3.50. The predicted molar refractivity (Wildman–Crippen MR) is 146 cm³/mol. The maximum atomic E-state index is 13.8. The molecule has 0 fully saturated rings. The molecular formula is C29H32F2N4O6. The van der Waals surface area contributed by atoms with Gasteiger partial charge < -0.3 is 14.2 Å². The lowest BCUT2D eigenvalue weighted by atomic mass is 10.2. The summed E-state index contributed by atoms with van der Waals surface area (Å²) in [5, 5.41) is 6.77. The molecule has 10 nitrogen and oxygen atoms in total. The van der Waals surface area contributed by atoms with Crippen LogP contribution in [0.2, 0.25) is 0 Å². The van der Waals surface area contributed by atoms with Crippen molar-refractivity contribution in [1.29, 1.82) is 0 Å². The Morgan fingerprint density at radius 2 is 1.44 bits per heavy atom. The number of halogens is 2. The molecule has 0 aliphatic heterocycles. The standard InChI is InChI=1S/C16H19FN2O3.C13H13FN2O3/c1-4-21-16(20)14-9-15(22-11(2)3)19(18-14)10-12-7-5-6-8-13(12)17;1-2-19-13(18)11-7-12(17)16(15-11)8-9-5-3-4-6-10(9)14/h5-9,11H,4,10H2,1-3H3;3-7,15H,2,8H2,1H3. The zero-order valence-electron chi connectivity index (χ0n) is 23.2. The minimum Gasteiger partial charge on any atom is -0.475 e. The Bertz CT molecular complexity index is 1530. The molecule has 0 amide bonds. The van der Waals surface area contributed by atoms with Crippen LogP contribution in [0.3, 0.4) is 0 Å². The Morgan fingerprint density at radius 3 is 2.00 bits per heavy atom. The number of ether oxygens (including phenoxy) is 3. The molecule has 2 aromatic heterocycles. The monoisotopic (exact) mass is 570 g/mol. The maximum absolute atomic E-state index is 13.8. The van der Waals surface area contributed by atoms with Crippen LogP contribution in [0.5, 0.6) is 5.88 Å². The number of H-pyrrole nitrogens is 1. The van der Waals surface area contributed by atoms with Crippen molar-refractivity contribution in [3.05, 3.63) is 105 Å². The number of esters is 2. The van der Waals surface area contributed by atoms with E-state index in [0.717, 1.165) is 10.7 Å². The van der Waals surface area contributed by atoms with Crippen LogP contribution in [-0.4, -0.2) is 50.8 Å². The van der Waals surface area contributed by atoms with Gasteiger partial charge in [-0.05, 0) is 39.8 Å². The summed E-state index contributed by atoms with van der Waals surface area (Å²) in [4.78, 5) is 34.9. The number of aromatic nitrogens is 4. The third-order valence-electron chi connectivity index (χ3n) is 5.43. The van der Waals surface area contributed by atoms with Gasteiger partial charge in [-0.25, -0.2) is 27.7 Å². The van der Waals surface area contributed by atoms with Crippen molar-refractivity contribution < 1.29 is 32.6 Å². The number of nitrogens with one attached hydrogen (secondary N) is 1. The van der Waals surface area contributed by atoms with Gasteiger partial charge >= 0.3 is 11.9 Å². The molecule has 41 heavy (non-hydrogen) atoms. The molecule has 4 aromatic rings. The van der Waals surface area contributed by atoms with E-state index in [2.05, 4.69) is 10.2 Å². The van der Waals surface area contributed by atoms with Crippen molar-refractivity contribution in [3.8, 4) is 5.88 Å². The van der Waals surface area contributed by atoms with Crippen LogP contribution in [0.25, 0.3) is 0 Å². The second-order valence-corrected chi connectivity index (χ2v) is 8.91. The fourth-order valence-electron chi connectivity index (χ4n) is 3.60. The van der Waals surface area contributed by atoms with Crippen molar-refractivity contribution in [1.82, 2.24) is 19.6 Å². The first-order valence-corrected chi connectivity index (χ1v) is 13.0. The third-order valence-corrected chi connectivity index (χ3v) is 5.43. The molecule has 218 valence electrons. The van der Waals surface area contributed by atoms with E-state index in [4.69, 9.17) is 14.2 Å². The minimum absolute atomic E-state index is 0.0327. The average molecular weight is 571 g/mol. The molecule has 0 bridgehead atoms. The molecular weight excluding hydrogens is 538 g/mol. The number of rotatable bonds is 10. The fraction of sp³-hybridized carbons (Fsp3) is 0.310. The van der Waals surface area contributed by atoms with E-state index in [-0.39, 0.29) is 49.6 Å². The Labute approximate surface area is 235 Å². The van der Waals surface area contributed by atoms with Crippen LogP contribution < -0.4 is 10.3 Å². The first kappa shape index (κ1) is 30.8. The second kappa shape index (κ2) is 14.6. The molecule has 0 aliphatic carbocycles. The topological polar surface area (TPSA) is 117 Å². The van der Waals surface area contributed by atoms with Gasteiger partial charge in [0, 0.05) is 23.3 Å². The summed E-state index contributed by atoms with van der Waals surface area (Å²) in [5.74, 6) is -1.45. The Hall–Kier alpha value is -4.74. The van der Waals surface area contributed by atoms with Crippen LogP contribution >= 0.6 is 0 Å². The van der Waals surface area contributed by atoms with E-state index in [1.54, 1.807) is 50.2 Å². The molecule has 1 N–H and O–H groups in total. The van der Waals surface area contributed by atoms with Crippen molar-refractivity contribution in [2.75, 3.05) is 13.2 Å². The lowest BCUT2D eigenvalue weighted by Gasteiger charge is -2.12. The summed E-state index contributed by atoms with van der Waals surface area (Å²) in [5.41, 5.74) is 0.625. The predicted octanol–water partition coefficient (Wildman–Crippen LogP) is 4.57. The zero-order valence-corrected chi connectivity index (χ0v) is 23.2. The van der Waals surface area contributed by atoms with Gasteiger partial charge in [0.05, 0.1) is 32.4 Å². The molecule has 2 aromatic carbocycles. The highest BCUT2D eigenvalue weighted by atomic mass is 19.1. The van der Waals surface area contributed by atoms with Crippen molar-refractivity contribution in [2.24, 2.45) is 0 Å². The van der Waals surface area contributed by atoms with Gasteiger partial charge in [0.15, 0.2) is 5.69 Å². The SMILES string of the molecule is CCOC(=O)c1cc(=O)n(Cc2ccccc2F)[nH]1.CCOC(=O)c1cc(OC(C)C)n(Cc2ccccc2F)n1. The Balaban J connectivity index is 0.000000228. The van der Waals surface area contributed by atoms with Gasteiger partial charge in [-0.2, -0.15) is 5.10 Å². The highest BCUT2D eigenvalue weighted by Crippen LogP contribution is 2.19. The van der Waals surface area contributed by atoms with Crippen LogP contribution in [-0.2, 0) is 22.6 Å². The van der Waals surface area contributed by atoms with Gasteiger partial charge in [-0.1, -0.05) is 36.4 Å². The van der Waals surface area contributed by atoms with Gasteiger partial charge in [-0.3, -0.25) is 9.89 Å². The number of hydrogen-bond acceptors (Lipinski definition) is 7. The van der Waals surface area contributed by atoms with E-state index in [9.17, 15) is 23.2 Å². The third kappa shape index (κ3) is 8.62. The highest BCUT2D eigenvalue weighted by molar-refractivity contribution is 5.87. The maximum Gasteiger partial charge on any atom is 0.358 e. The molecule has 0 saturated heterocycles. The largest absolute Gasteiger partial charge is 0.475 e. The molecule has 0 saturated carbocycles. The van der Waals surface area contributed by atoms with Crippen molar-refractivity contribution >= 4 is 11.9 Å². The van der Waals surface area contributed by atoms with E-state index in [0.29, 0.717) is 17.0 Å². The van der Waals surface area contributed by atoms with Crippen LogP contribution in [0, 0.1) is 11.6 Å². The molecule has 12 heteroatoms. The van der Waals surface area contributed by atoms with E-state index < -0.39 is 23.3 Å².